The summed E-state index contributed by atoms with van der Waals surface area (Å²) in [6.07, 6.45) is 0. The van der Waals surface area contributed by atoms with Crippen molar-refractivity contribution in [1.82, 2.24) is 0 Å². The molecule has 2 aromatic carbocycles. The normalized spacial score (nSPS) is 20.7. The summed E-state index contributed by atoms with van der Waals surface area (Å²) in [5, 5.41) is 0. The molecule has 112 valence electrons. The van der Waals surface area contributed by atoms with Crippen molar-refractivity contribution in [2.45, 2.75) is 25.9 Å². The lowest BCUT2D eigenvalue weighted by molar-refractivity contribution is -0.402. The molecule has 1 amide bonds. The first-order valence-electron chi connectivity index (χ1n) is 7.37. The Morgan fingerprint density at radius 2 is 1.82 bits per heavy atom. The lowest BCUT2D eigenvalue weighted by Gasteiger charge is -2.36. The predicted molar refractivity (Wildman–Crippen MR) is 84.9 cm³/mol. The molecule has 1 unspecified atom stereocenters. The van der Waals surface area contributed by atoms with Crippen molar-refractivity contribution in [2.24, 2.45) is 0 Å². The van der Waals surface area contributed by atoms with Crippen molar-refractivity contribution in [3.05, 3.63) is 65.2 Å². The Morgan fingerprint density at radius 1 is 1.14 bits per heavy atom. The minimum absolute atomic E-state index is 0.00307. The Labute approximate surface area is 129 Å². The predicted octanol–water partition coefficient (Wildman–Crippen LogP) is 1.84. The summed E-state index contributed by atoms with van der Waals surface area (Å²) in [6.45, 7) is 3.81. The van der Waals surface area contributed by atoms with Crippen LogP contribution in [-0.2, 0) is 0 Å². The second kappa shape index (κ2) is 5.39. The Hall–Kier alpha value is -2.46. The van der Waals surface area contributed by atoms with Gasteiger partial charge in [0.05, 0.1) is 11.7 Å². The first-order valence-corrected chi connectivity index (χ1v) is 7.37. The maximum absolute atomic E-state index is 12.9. The fraction of sp³-hybridized carbons (Fsp3) is 0.222. The summed E-state index contributed by atoms with van der Waals surface area (Å²) in [5.74, 6) is -0.0948. The van der Waals surface area contributed by atoms with Crippen LogP contribution < -0.4 is 10.6 Å². The van der Waals surface area contributed by atoms with Crippen LogP contribution in [0.4, 0.5) is 5.69 Å². The van der Waals surface area contributed by atoms with Gasteiger partial charge in [-0.15, -0.1) is 0 Å². The van der Waals surface area contributed by atoms with Crippen LogP contribution in [0.25, 0.3) is 0 Å². The molecule has 4 heteroatoms. The number of ketones is 1. The molecule has 0 saturated heterocycles. The monoisotopic (exact) mass is 295 g/mol. The number of benzene rings is 2. The number of nitrogens with zero attached hydrogens (tertiary/aromatic N) is 1. The zero-order chi connectivity index (χ0) is 15.9. The molecular weight excluding hydrogens is 276 g/mol. The number of carbonyl (C=O) groups is 2. The van der Waals surface area contributed by atoms with Crippen molar-refractivity contribution in [3.63, 3.8) is 0 Å². The highest BCUT2D eigenvalue weighted by Crippen LogP contribution is 2.31. The van der Waals surface area contributed by atoms with E-state index in [1.165, 1.54) is 0 Å². The fourth-order valence-corrected chi connectivity index (χ4v) is 2.89. The van der Waals surface area contributed by atoms with Crippen molar-refractivity contribution in [2.75, 3.05) is 4.90 Å². The minimum Gasteiger partial charge on any atom is -0.347 e. The molecule has 22 heavy (non-hydrogen) atoms. The molecule has 3 N–H and O–H groups in total. The van der Waals surface area contributed by atoms with Crippen LogP contribution in [0.1, 0.15) is 33.2 Å². The number of quaternary nitrogens is 1. The molecule has 0 aliphatic carbocycles. The lowest BCUT2D eigenvalue weighted by atomic mass is 9.89. The summed E-state index contributed by atoms with van der Waals surface area (Å²) in [7, 11) is 0. The second-order valence-corrected chi connectivity index (χ2v) is 5.77. The maximum Gasteiger partial charge on any atom is 0.258 e. The van der Waals surface area contributed by atoms with Crippen LogP contribution in [0.3, 0.4) is 0 Å². The Bertz CT molecular complexity index is 740. The largest absolute Gasteiger partial charge is 0.347 e. The Morgan fingerprint density at radius 3 is 2.50 bits per heavy atom. The summed E-state index contributed by atoms with van der Waals surface area (Å²) >= 11 is 0. The average Bonchev–Trinajstić information content (AvgIpc) is 2.54. The number of Topliss-reactive ketones (excluding diaryl/α,β-unsaturated/α-hetero) is 1. The summed E-state index contributed by atoms with van der Waals surface area (Å²) in [5.41, 5.74) is 6.85. The van der Waals surface area contributed by atoms with Gasteiger partial charge in [0.2, 0.25) is 5.78 Å². The van der Waals surface area contributed by atoms with Gasteiger partial charge >= 0.3 is 0 Å². The van der Waals surface area contributed by atoms with Crippen LogP contribution in [0.15, 0.2) is 48.5 Å². The van der Waals surface area contributed by atoms with E-state index in [4.69, 9.17) is 0 Å². The van der Waals surface area contributed by atoms with Gasteiger partial charge in [0.15, 0.2) is 6.04 Å². The minimum atomic E-state index is -0.457. The Balaban J connectivity index is 2.13. The Kier molecular flexibility index (Phi) is 3.54. The third kappa shape index (κ3) is 2.22. The van der Waals surface area contributed by atoms with Gasteiger partial charge in [0.1, 0.15) is 0 Å². The van der Waals surface area contributed by atoms with E-state index >= 15 is 0 Å². The van der Waals surface area contributed by atoms with E-state index in [1.54, 1.807) is 17.0 Å². The number of fused-ring (bicyclic) bond motifs is 1. The number of carbonyl (C=O) groups excluding carboxylic acids is 2. The number of hydrogen-bond donors (Lipinski definition) is 1. The van der Waals surface area contributed by atoms with Crippen molar-refractivity contribution >= 4 is 17.4 Å². The molecule has 0 aromatic heterocycles. The molecule has 1 aliphatic heterocycles. The van der Waals surface area contributed by atoms with Crippen LogP contribution in [-0.4, -0.2) is 23.8 Å². The number of aryl methyl sites for hydroxylation is 1. The first kappa shape index (κ1) is 14.5. The molecule has 0 radical (unpaired) electrons. The van der Waals surface area contributed by atoms with Gasteiger partial charge in [0.25, 0.3) is 5.91 Å². The molecule has 2 atom stereocenters. The standard InChI is InChI=1S/C18H18N2O2/c1-11-8-9-15-14(10-11)17(21)16(19)12(2)20(15)18(22)13-6-4-3-5-7-13/h3-10,12,16H,19H2,1-2H3/p+1/t12?,16-/m1/s1. The van der Waals surface area contributed by atoms with Crippen LogP contribution in [0, 0.1) is 6.92 Å². The molecule has 1 heterocycles. The van der Waals surface area contributed by atoms with Gasteiger partial charge in [-0.25, -0.2) is 0 Å². The van der Waals surface area contributed by atoms with Crippen LogP contribution in [0.2, 0.25) is 0 Å². The molecule has 2 aromatic rings. The zero-order valence-electron chi connectivity index (χ0n) is 12.7. The van der Waals surface area contributed by atoms with E-state index < -0.39 is 6.04 Å². The maximum atomic E-state index is 12.9. The summed E-state index contributed by atoms with van der Waals surface area (Å²) in [6, 6.07) is 14.0. The van der Waals surface area contributed by atoms with Gasteiger partial charge in [-0.05, 0) is 38.1 Å². The molecule has 0 spiro atoms. The molecule has 3 rings (SSSR count). The summed E-state index contributed by atoms with van der Waals surface area (Å²) in [4.78, 5) is 27.1. The number of hydrogen-bond acceptors (Lipinski definition) is 2. The summed E-state index contributed by atoms with van der Waals surface area (Å²) < 4.78 is 0. The van der Waals surface area contributed by atoms with Crippen molar-refractivity contribution in [3.8, 4) is 0 Å². The smallest absolute Gasteiger partial charge is 0.258 e. The van der Waals surface area contributed by atoms with E-state index in [2.05, 4.69) is 5.73 Å². The average molecular weight is 295 g/mol. The third-order valence-corrected chi connectivity index (χ3v) is 4.24. The second-order valence-electron chi connectivity index (χ2n) is 5.77. The SMILES string of the molecule is Cc1ccc2c(c1)C(=O)[C@H]([NH3+])C(C)N2C(=O)c1ccccc1. The van der Waals surface area contributed by atoms with E-state index in [-0.39, 0.29) is 17.7 Å². The van der Waals surface area contributed by atoms with Gasteiger partial charge in [-0.1, -0.05) is 29.8 Å². The third-order valence-electron chi connectivity index (χ3n) is 4.24. The van der Waals surface area contributed by atoms with Gasteiger partial charge in [0, 0.05) is 11.1 Å². The van der Waals surface area contributed by atoms with Crippen molar-refractivity contribution in [1.29, 1.82) is 0 Å². The zero-order valence-corrected chi connectivity index (χ0v) is 12.7. The van der Waals surface area contributed by atoms with E-state index in [0.29, 0.717) is 16.8 Å². The highest BCUT2D eigenvalue weighted by Gasteiger charge is 2.41. The van der Waals surface area contributed by atoms with Crippen LogP contribution in [0.5, 0.6) is 0 Å². The number of anilines is 1. The quantitative estimate of drug-likeness (QED) is 0.872. The van der Waals surface area contributed by atoms with E-state index in [1.807, 2.05) is 50.2 Å². The number of amides is 1. The molecular formula is C18H19N2O2+. The number of rotatable bonds is 1. The van der Waals surface area contributed by atoms with Gasteiger partial charge in [-0.3, -0.25) is 14.5 Å². The molecule has 0 bridgehead atoms. The molecule has 1 aliphatic rings. The van der Waals surface area contributed by atoms with Gasteiger partial charge in [-0.2, -0.15) is 0 Å². The van der Waals surface area contributed by atoms with Crippen molar-refractivity contribution < 1.29 is 15.3 Å². The molecule has 0 saturated carbocycles. The molecule has 4 nitrogen and oxygen atoms in total. The topological polar surface area (TPSA) is 65.0 Å². The lowest BCUT2D eigenvalue weighted by Crippen LogP contribution is -2.74. The van der Waals surface area contributed by atoms with E-state index in [0.717, 1.165) is 5.56 Å². The van der Waals surface area contributed by atoms with Crippen LogP contribution >= 0.6 is 0 Å². The fourth-order valence-electron chi connectivity index (χ4n) is 2.89. The van der Waals surface area contributed by atoms with Gasteiger partial charge < -0.3 is 5.73 Å². The molecule has 0 fully saturated rings. The highest BCUT2D eigenvalue weighted by atomic mass is 16.2. The highest BCUT2D eigenvalue weighted by molar-refractivity contribution is 6.15. The first-order chi connectivity index (χ1) is 10.5. The van der Waals surface area contributed by atoms with E-state index in [9.17, 15) is 9.59 Å².